The maximum absolute atomic E-state index is 12.0. The number of hydrogen-bond acceptors (Lipinski definition) is 5. The summed E-state index contributed by atoms with van der Waals surface area (Å²) in [6.45, 7) is 4.55. The number of nitrogens with zero attached hydrogens (tertiary/aromatic N) is 2. The van der Waals surface area contributed by atoms with Crippen molar-refractivity contribution in [2.45, 2.75) is 25.3 Å². The predicted molar refractivity (Wildman–Crippen MR) is 77.0 cm³/mol. The summed E-state index contributed by atoms with van der Waals surface area (Å²) in [6, 6.07) is 4.51. The molecule has 0 atom stereocenters. The zero-order chi connectivity index (χ0) is 15.1. The van der Waals surface area contributed by atoms with Crippen molar-refractivity contribution in [2.24, 2.45) is 0 Å². The molecule has 2 rings (SSSR count). The average molecular weight is 316 g/mol. The van der Waals surface area contributed by atoms with Gasteiger partial charge in [0, 0.05) is 12.8 Å². The van der Waals surface area contributed by atoms with Gasteiger partial charge in [0.05, 0.1) is 15.9 Å². The maximum Gasteiger partial charge on any atom is 0.192 e. The van der Waals surface area contributed by atoms with E-state index in [1.165, 1.54) is 12.1 Å². The molecule has 1 heterocycles. The molecule has 0 aliphatic heterocycles. The molecule has 0 radical (unpaired) electrons. The summed E-state index contributed by atoms with van der Waals surface area (Å²) in [6.07, 6.45) is 0.902. The number of hydrogen-bond donors (Lipinski definition) is 0. The molecule has 0 saturated carbocycles. The van der Waals surface area contributed by atoms with Crippen LogP contribution in [0.2, 0.25) is 0 Å². The summed E-state index contributed by atoms with van der Waals surface area (Å²) in [5, 5.41) is -0.890. The van der Waals surface area contributed by atoms with Crippen molar-refractivity contribution >= 4 is 30.7 Å². The largest absolute Gasteiger partial charge is 0.329 e. The highest BCUT2D eigenvalue weighted by atomic mass is 32.3. The van der Waals surface area contributed by atoms with Gasteiger partial charge in [0.1, 0.15) is 5.82 Å². The molecule has 0 unspecified atom stereocenters. The Balaban J connectivity index is 2.58. The van der Waals surface area contributed by atoms with Gasteiger partial charge in [-0.05, 0) is 32.0 Å². The van der Waals surface area contributed by atoms with Gasteiger partial charge in [-0.2, -0.15) is 0 Å². The van der Waals surface area contributed by atoms with E-state index in [2.05, 4.69) is 4.98 Å². The minimum Gasteiger partial charge on any atom is -0.329 e. The van der Waals surface area contributed by atoms with Crippen LogP contribution in [0.5, 0.6) is 0 Å². The second-order valence-electron chi connectivity index (χ2n) is 4.71. The van der Waals surface area contributed by atoms with Gasteiger partial charge in [0.2, 0.25) is 0 Å². The van der Waals surface area contributed by atoms with E-state index in [1.807, 2.05) is 18.4 Å². The van der Waals surface area contributed by atoms with Crippen LogP contribution in [0.4, 0.5) is 0 Å². The Kier molecular flexibility index (Phi) is 3.64. The lowest BCUT2D eigenvalue weighted by Gasteiger charge is -2.04. The Morgan fingerprint density at radius 1 is 1.20 bits per heavy atom. The molecule has 110 valence electrons. The molecule has 0 aliphatic carbocycles. The number of benzene rings is 1. The summed E-state index contributed by atoms with van der Waals surface area (Å²) in [5.41, 5.74) is 1.39. The van der Waals surface area contributed by atoms with Crippen molar-refractivity contribution in [1.82, 2.24) is 9.55 Å². The van der Waals surface area contributed by atoms with Crippen molar-refractivity contribution in [3.05, 3.63) is 24.0 Å². The van der Waals surface area contributed by atoms with Crippen molar-refractivity contribution in [2.75, 3.05) is 11.3 Å². The Morgan fingerprint density at radius 3 is 2.40 bits per heavy atom. The molecular weight excluding hydrogens is 300 g/mol. The first-order chi connectivity index (χ1) is 9.14. The highest BCUT2D eigenvalue weighted by Crippen LogP contribution is 2.21. The highest BCUT2D eigenvalue weighted by molar-refractivity contribution is 8.07. The average Bonchev–Trinajstić information content (AvgIpc) is 2.59. The van der Waals surface area contributed by atoms with Crippen LogP contribution in [-0.4, -0.2) is 37.7 Å². The van der Waals surface area contributed by atoms with Crippen LogP contribution < -0.4 is 0 Å². The molecule has 0 aliphatic rings. The van der Waals surface area contributed by atoms with Gasteiger partial charge < -0.3 is 4.57 Å². The first kappa shape index (κ1) is 15.0. The van der Waals surface area contributed by atoms with Crippen LogP contribution in [0.15, 0.2) is 23.1 Å². The normalized spacial score (nSPS) is 12.9. The molecule has 0 amide bonds. The van der Waals surface area contributed by atoms with Crippen molar-refractivity contribution in [1.29, 1.82) is 0 Å². The molecule has 2 aromatic rings. The van der Waals surface area contributed by atoms with E-state index in [9.17, 15) is 16.8 Å². The maximum atomic E-state index is 12.0. The lowest BCUT2D eigenvalue weighted by Crippen LogP contribution is -2.15. The van der Waals surface area contributed by atoms with Gasteiger partial charge in [0.15, 0.2) is 24.8 Å². The first-order valence-electron chi connectivity index (χ1n) is 6.01. The molecule has 1 aromatic carbocycles. The molecular formula is C12H16N2O4S2. The van der Waals surface area contributed by atoms with E-state index in [0.717, 1.165) is 24.1 Å². The highest BCUT2D eigenvalue weighted by Gasteiger charge is 2.22. The predicted octanol–water partition coefficient (Wildman–Crippen LogP) is 1.14. The molecule has 0 spiro atoms. The molecule has 0 fully saturated rings. The Hall–Kier alpha value is -1.41. The van der Waals surface area contributed by atoms with Crippen LogP contribution in [-0.2, 0) is 26.2 Å². The number of aryl methyl sites for hydroxylation is 2. The van der Waals surface area contributed by atoms with Gasteiger partial charge >= 0.3 is 0 Å². The van der Waals surface area contributed by atoms with E-state index in [4.69, 9.17) is 0 Å². The number of rotatable bonds is 4. The molecule has 0 bridgehead atoms. The molecule has 6 nitrogen and oxygen atoms in total. The standard InChI is InChI=1S/C12H16N2O4S2/c1-4-14-9(2)13-11-7-10(5-6-12(11)14)20(17,18)8-19(3,15)16/h5-7H,4,8H2,1-3H3. The van der Waals surface area contributed by atoms with Gasteiger partial charge in [-0.3, -0.25) is 0 Å². The van der Waals surface area contributed by atoms with E-state index in [1.54, 1.807) is 6.07 Å². The van der Waals surface area contributed by atoms with Crippen LogP contribution in [0.3, 0.4) is 0 Å². The second kappa shape index (κ2) is 4.85. The quantitative estimate of drug-likeness (QED) is 0.844. The minimum atomic E-state index is -3.86. The fraction of sp³-hybridized carbons (Fsp3) is 0.417. The summed E-state index contributed by atoms with van der Waals surface area (Å²) >= 11 is 0. The van der Waals surface area contributed by atoms with E-state index < -0.39 is 24.8 Å². The number of imidazole rings is 1. The Labute approximate surface area is 118 Å². The summed E-state index contributed by atoms with van der Waals surface area (Å²) < 4.78 is 48.4. The fourth-order valence-corrected chi connectivity index (χ4v) is 5.54. The third-order valence-corrected chi connectivity index (χ3v) is 6.88. The summed E-state index contributed by atoms with van der Waals surface area (Å²) in [4.78, 5) is 4.29. The third kappa shape index (κ3) is 2.85. The SMILES string of the molecule is CCn1c(C)nc2cc(S(=O)(=O)CS(C)(=O)=O)ccc21. The van der Waals surface area contributed by atoms with Crippen LogP contribution in [0.1, 0.15) is 12.7 Å². The first-order valence-corrected chi connectivity index (χ1v) is 9.72. The summed E-state index contributed by atoms with van der Waals surface area (Å²) in [7, 11) is -7.46. The second-order valence-corrected chi connectivity index (χ2v) is 9.21. The Bertz CT molecular complexity index is 864. The molecule has 0 N–H and O–H groups in total. The van der Waals surface area contributed by atoms with Crippen LogP contribution in [0, 0.1) is 6.92 Å². The van der Waals surface area contributed by atoms with Crippen molar-refractivity contribution in [3.63, 3.8) is 0 Å². The molecule has 8 heteroatoms. The van der Waals surface area contributed by atoms with Gasteiger partial charge in [0.25, 0.3) is 0 Å². The smallest absolute Gasteiger partial charge is 0.192 e. The van der Waals surface area contributed by atoms with Gasteiger partial charge in [-0.1, -0.05) is 0 Å². The fourth-order valence-electron chi connectivity index (χ4n) is 2.17. The van der Waals surface area contributed by atoms with Crippen LogP contribution >= 0.6 is 0 Å². The monoisotopic (exact) mass is 316 g/mol. The third-order valence-electron chi connectivity index (χ3n) is 2.96. The molecule has 1 aromatic heterocycles. The number of sulfone groups is 2. The van der Waals surface area contributed by atoms with E-state index in [0.29, 0.717) is 5.52 Å². The lowest BCUT2D eigenvalue weighted by atomic mass is 10.3. The van der Waals surface area contributed by atoms with E-state index in [-0.39, 0.29) is 4.90 Å². The van der Waals surface area contributed by atoms with Crippen molar-refractivity contribution in [3.8, 4) is 0 Å². The Morgan fingerprint density at radius 2 is 1.85 bits per heavy atom. The molecule has 0 saturated heterocycles. The topological polar surface area (TPSA) is 86.1 Å². The van der Waals surface area contributed by atoms with Crippen LogP contribution in [0.25, 0.3) is 11.0 Å². The zero-order valence-electron chi connectivity index (χ0n) is 11.5. The molecule has 20 heavy (non-hydrogen) atoms. The van der Waals surface area contributed by atoms with E-state index >= 15 is 0 Å². The van der Waals surface area contributed by atoms with Crippen molar-refractivity contribution < 1.29 is 16.8 Å². The van der Waals surface area contributed by atoms with Gasteiger partial charge in [-0.15, -0.1) is 0 Å². The lowest BCUT2D eigenvalue weighted by molar-refractivity contribution is 0.592. The summed E-state index contributed by atoms with van der Waals surface area (Å²) in [5.74, 6) is 0.792. The minimum absolute atomic E-state index is 0.0174. The number of fused-ring (bicyclic) bond motifs is 1. The number of aromatic nitrogens is 2. The zero-order valence-corrected chi connectivity index (χ0v) is 13.1. The van der Waals surface area contributed by atoms with Gasteiger partial charge in [-0.25, -0.2) is 21.8 Å².